The van der Waals surface area contributed by atoms with Crippen molar-refractivity contribution in [3.05, 3.63) is 0 Å². The lowest BCUT2D eigenvalue weighted by Crippen LogP contribution is -2.46. The molecular formula is C7H11F3N2O3. The van der Waals surface area contributed by atoms with Gasteiger partial charge in [-0.2, -0.15) is 13.2 Å². The van der Waals surface area contributed by atoms with Crippen LogP contribution in [-0.2, 0) is 9.57 Å². The third-order valence-corrected chi connectivity index (χ3v) is 1.69. The highest BCUT2D eigenvalue weighted by Crippen LogP contribution is 2.13. The molecular weight excluding hydrogens is 217 g/mol. The Morgan fingerprint density at radius 2 is 2.00 bits per heavy atom. The average molecular weight is 228 g/mol. The minimum Gasteiger partial charge on any atom is -0.378 e. The summed E-state index contributed by atoms with van der Waals surface area (Å²) in [6, 6.07) is -0.678. The van der Waals surface area contributed by atoms with E-state index >= 15 is 0 Å². The van der Waals surface area contributed by atoms with E-state index < -0.39 is 18.8 Å². The third-order valence-electron chi connectivity index (χ3n) is 1.69. The number of urea groups is 1. The van der Waals surface area contributed by atoms with Crippen LogP contribution in [0.2, 0.25) is 0 Å². The number of amides is 2. The van der Waals surface area contributed by atoms with Crippen LogP contribution < -0.4 is 5.48 Å². The first-order chi connectivity index (χ1) is 6.99. The summed E-state index contributed by atoms with van der Waals surface area (Å²) < 4.78 is 39.9. The van der Waals surface area contributed by atoms with Crippen LogP contribution in [0.4, 0.5) is 18.0 Å². The van der Waals surface area contributed by atoms with Crippen molar-refractivity contribution >= 4 is 6.03 Å². The van der Waals surface area contributed by atoms with Crippen LogP contribution >= 0.6 is 0 Å². The Labute approximate surface area is 84.1 Å². The second kappa shape index (κ2) is 5.17. The number of carbonyl (C=O) groups excluding carboxylic acids is 1. The molecule has 0 unspecified atom stereocenters. The monoisotopic (exact) mass is 228 g/mol. The summed E-state index contributed by atoms with van der Waals surface area (Å²) in [5.41, 5.74) is 1.72. The number of rotatable bonds is 2. The number of hydroxylamine groups is 1. The van der Waals surface area contributed by atoms with Gasteiger partial charge in [0.2, 0.25) is 0 Å². The molecule has 2 amide bonds. The molecule has 0 radical (unpaired) electrons. The first-order valence-electron chi connectivity index (χ1n) is 4.30. The maximum absolute atomic E-state index is 11.6. The summed E-state index contributed by atoms with van der Waals surface area (Å²) in [7, 11) is 0. The summed E-state index contributed by atoms with van der Waals surface area (Å²) in [5, 5.41) is 0. The molecule has 0 aromatic heterocycles. The number of hydrogen-bond donors (Lipinski definition) is 1. The van der Waals surface area contributed by atoms with Crippen molar-refractivity contribution in [1.82, 2.24) is 10.4 Å². The lowest BCUT2D eigenvalue weighted by molar-refractivity contribution is -0.185. The zero-order chi connectivity index (χ0) is 11.3. The number of alkyl halides is 3. The molecule has 15 heavy (non-hydrogen) atoms. The van der Waals surface area contributed by atoms with Crippen molar-refractivity contribution in [2.45, 2.75) is 6.18 Å². The van der Waals surface area contributed by atoms with E-state index in [0.29, 0.717) is 26.3 Å². The first-order valence-corrected chi connectivity index (χ1v) is 4.30. The molecule has 0 aliphatic carbocycles. The van der Waals surface area contributed by atoms with Crippen molar-refractivity contribution in [1.29, 1.82) is 0 Å². The Morgan fingerprint density at radius 1 is 1.40 bits per heavy atom. The molecule has 0 bridgehead atoms. The molecule has 1 fully saturated rings. The number of ether oxygens (including phenoxy) is 1. The van der Waals surface area contributed by atoms with Crippen LogP contribution in [0.5, 0.6) is 0 Å². The Balaban J connectivity index is 2.17. The molecule has 88 valence electrons. The molecule has 0 spiro atoms. The van der Waals surface area contributed by atoms with Gasteiger partial charge >= 0.3 is 12.2 Å². The summed E-state index contributed by atoms with van der Waals surface area (Å²) in [6.45, 7) is -0.0368. The van der Waals surface area contributed by atoms with Crippen molar-refractivity contribution < 1.29 is 27.5 Å². The maximum Gasteiger partial charge on any atom is 0.414 e. The predicted molar refractivity (Wildman–Crippen MR) is 42.9 cm³/mol. The predicted octanol–water partition coefficient (Wildman–Crippen LogP) is 0.522. The SMILES string of the molecule is O=C(NOCC(F)(F)F)N1CCOCC1. The lowest BCUT2D eigenvalue weighted by Gasteiger charge is -2.26. The number of halogens is 3. The van der Waals surface area contributed by atoms with Gasteiger partial charge < -0.3 is 9.64 Å². The topological polar surface area (TPSA) is 50.8 Å². The fraction of sp³-hybridized carbons (Fsp3) is 0.857. The van der Waals surface area contributed by atoms with Crippen molar-refractivity contribution in [3.8, 4) is 0 Å². The summed E-state index contributed by atoms with van der Waals surface area (Å²) in [6.07, 6.45) is -4.45. The van der Waals surface area contributed by atoms with E-state index in [1.165, 1.54) is 4.90 Å². The highest BCUT2D eigenvalue weighted by atomic mass is 19.4. The fourth-order valence-electron chi connectivity index (χ4n) is 1.01. The summed E-state index contributed by atoms with van der Waals surface area (Å²) in [5.74, 6) is 0. The molecule has 0 aromatic carbocycles. The van der Waals surface area contributed by atoms with E-state index in [1.807, 2.05) is 0 Å². The standard InChI is InChI=1S/C7H11F3N2O3/c8-7(9,10)5-15-11-6(13)12-1-3-14-4-2-12/h1-5H2,(H,11,13). The molecule has 0 saturated carbocycles. The summed E-state index contributed by atoms with van der Waals surface area (Å²) >= 11 is 0. The highest BCUT2D eigenvalue weighted by Gasteiger charge is 2.28. The van der Waals surface area contributed by atoms with Crippen LogP contribution in [0.25, 0.3) is 0 Å². The van der Waals surface area contributed by atoms with E-state index in [2.05, 4.69) is 4.84 Å². The molecule has 5 nitrogen and oxygen atoms in total. The highest BCUT2D eigenvalue weighted by molar-refractivity contribution is 5.73. The fourth-order valence-corrected chi connectivity index (χ4v) is 1.01. The van der Waals surface area contributed by atoms with Gasteiger partial charge in [-0.05, 0) is 0 Å². The van der Waals surface area contributed by atoms with E-state index in [0.717, 1.165) is 0 Å². The molecule has 1 aliphatic heterocycles. The van der Waals surface area contributed by atoms with Crippen molar-refractivity contribution in [2.24, 2.45) is 0 Å². The molecule has 0 aromatic rings. The number of nitrogens with zero attached hydrogens (tertiary/aromatic N) is 1. The second-order valence-electron chi connectivity index (χ2n) is 2.91. The van der Waals surface area contributed by atoms with E-state index in [4.69, 9.17) is 4.74 Å². The lowest BCUT2D eigenvalue weighted by atomic mass is 10.4. The van der Waals surface area contributed by atoms with Gasteiger partial charge in [0.15, 0.2) is 6.61 Å². The van der Waals surface area contributed by atoms with E-state index in [9.17, 15) is 18.0 Å². The molecule has 1 N–H and O–H groups in total. The van der Waals surface area contributed by atoms with Crippen molar-refractivity contribution in [2.75, 3.05) is 32.9 Å². The average Bonchev–Trinajstić information content (AvgIpc) is 2.17. The normalized spacial score (nSPS) is 17.7. The molecule has 1 aliphatic rings. The van der Waals surface area contributed by atoms with Gasteiger partial charge in [0.25, 0.3) is 0 Å². The smallest absolute Gasteiger partial charge is 0.378 e. The molecule has 1 rings (SSSR count). The van der Waals surface area contributed by atoms with Gasteiger partial charge in [-0.3, -0.25) is 4.84 Å². The van der Waals surface area contributed by atoms with Crippen molar-refractivity contribution in [3.63, 3.8) is 0 Å². The van der Waals surface area contributed by atoms with E-state index in [1.54, 1.807) is 5.48 Å². The minimum atomic E-state index is -4.45. The Hall–Kier alpha value is -1.02. The number of morpholine rings is 1. The van der Waals surface area contributed by atoms with Crippen LogP contribution in [0.3, 0.4) is 0 Å². The Morgan fingerprint density at radius 3 is 2.53 bits per heavy atom. The Bertz CT molecular complexity index is 216. The molecule has 0 atom stereocenters. The van der Waals surface area contributed by atoms with Crippen LogP contribution in [0.15, 0.2) is 0 Å². The quantitative estimate of drug-likeness (QED) is 0.701. The Kier molecular flexibility index (Phi) is 4.15. The number of nitrogens with one attached hydrogen (secondary N) is 1. The second-order valence-corrected chi connectivity index (χ2v) is 2.91. The third kappa shape index (κ3) is 4.84. The van der Waals surface area contributed by atoms with Crippen LogP contribution in [0, 0.1) is 0 Å². The van der Waals surface area contributed by atoms with Gasteiger partial charge in [-0.1, -0.05) is 0 Å². The van der Waals surface area contributed by atoms with Gasteiger partial charge in [0.1, 0.15) is 0 Å². The number of carbonyl (C=O) groups is 1. The van der Waals surface area contributed by atoms with Gasteiger partial charge in [-0.15, -0.1) is 0 Å². The van der Waals surface area contributed by atoms with Crippen LogP contribution in [0.1, 0.15) is 0 Å². The summed E-state index contributed by atoms with van der Waals surface area (Å²) in [4.78, 5) is 16.5. The minimum absolute atomic E-state index is 0.348. The molecule has 1 heterocycles. The first kappa shape index (κ1) is 12.1. The maximum atomic E-state index is 11.6. The zero-order valence-electron chi connectivity index (χ0n) is 7.84. The van der Waals surface area contributed by atoms with E-state index in [-0.39, 0.29) is 0 Å². The van der Waals surface area contributed by atoms with Crippen LogP contribution in [-0.4, -0.2) is 50.0 Å². The molecule has 1 saturated heterocycles. The number of hydrogen-bond acceptors (Lipinski definition) is 3. The zero-order valence-corrected chi connectivity index (χ0v) is 7.84. The molecule has 8 heteroatoms. The van der Waals surface area contributed by atoms with Gasteiger partial charge in [0, 0.05) is 13.1 Å². The largest absolute Gasteiger partial charge is 0.414 e. The van der Waals surface area contributed by atoms with Gasteiger partial charge in [0.05, 0.1) is 13.2 Å². The van der Waals surface area contributed by atoms with Gasteiger partial charge in [-0.25, -0.2) is 10.3 Å².